The number of hydrogen-bond donors (Lipinski definition) is 0. The first kappa shape index (κ1) is 22.0. The SMILES string of the molecule is COC(=O)c1sc(N2C(=O)c3oc4ccccc4c(=O)c3[C@H]2c2ccc(C(C)C)cc2)nc1C. The summed E-state index contributed by atoms with van der Waals surface area (Å²) in [5.74, 6) is -0.667. The van der Waals surface area contributed by atoms with E-state index in [1.165, 1.54) is 12.0 Å². The number of nitrogens with zero attached hydrogens (tertiary/aromatic N) is 2. The molecule has 4 aromatic rings. The van der Waals surface area contributed by atoms with Gasteiger partial charge in [0.05, 0.1) is 29.8 Å². The van der Waals surface area contributed by atoms with Gasteiger partial charge in [-0.25, -0.2) is 9.78 Å². The van der Waals surface area contributed by atoms with Gasteiger partial charge in [0, 0.05) is 0 Å². The minimum Gasteiger partial charge on any atom is -0.465 e. The molecule has 8 heteroatoms. The third kappa shape index (κ3) is 3.33. The fourth-order valence-electron chi connectivity index (χ4n) is 4.26. The zero-order valence-electron chi connectivity index (χ0n) is 19.1. The molecule has 0 saturated carbocycles. The molecule has 0 bridgehead atoms. The van der Waals surface area contributed by atoms with Crippen molar-refractivity contribution in [3.05, 3.63) is 91.8 Å². The lowest BCUT2D eigenvalue weighted by atomic mass is 9.95. The summed E-state index contributed by atoms with van der Waals surface area (Å²) in [4.78, 5) is 45.7. The number of para-hydroxylation sites is 1. The average Bonchev–Trinajstić information content (AvgIpc) is 3.36. The Morgan fingerprint density at radius 2 is 1.82 bits per heavy atom. The molecule has 172 valence electrons. The molecule has 0 saturated heterocycles. The second kappa shape index (κ2) is 8.22. The molecule has 3 heterocycles. The molecule has 2 aromatic heterocycles. The molecule has 1 atom stereocenters. The van der Waals surface area contributed by atoms with Crippen molar-refractivity contribution in [2.45, 2.75) is 32.7 Å². The van der Waals surface area contributed by atoms with Gasteiger partial charge in [0.25, 0.3) is 5.91 Å². The Hall–Kier alpha value is -3.78. The lowest BCUT2D eigenvalue weighted by molar-refractivity contribution is 0.0605. The number of rotatable bonds is 4. The largest absolute Gasteiger partial charge is 0.465 e. The van der Waals surface area contributed by atoms with Crippen molar-refractivity contribution in [3.8, 4) is 0 Å². The van der Waals surface area contributed by atoms with Crippen molar-refractivity contribution in [1.29, 1.82) is 0 Å². The van der Waals surface area contributed by atoms with Gasteiger partial charge in [0.15, 0.2) is 10.6 Å². The standard InChI is InChI=1S/C26H22N2O5S/c1-13(2)15-9-11-16(12-10-15)20-19-21(29)17-7-5-6-8-18(17)33-22(19)24(30)28(20)26-27-14(3)23(34-26)25(31)32-4/h5-13,20H,1-4H3/t20-/m1/s1. The first-order chi connectivity index (χ1) is 16.3. The molecule has 7 nitrogen and oxygen atoms in total. The van der Waals surface area contributed by atoms with E-state index in [0.29, 0.717) is 32.6 Å². The van der Waals surface area contributed by atoms with E-state index < -0.39 is 17.9 Å². The highest BCUT2D eigenvalue weighted by atomic mass is 32.1. The summed E-state index contributed by atoms with van der Waals surface area (Å²) in [6.07, 6.45) is 0. The Labute approximate surface area is 199 Å². The van der Waals surface area contributed by atoms with Crippen LogP contribution in [0.5, 0.6) is 0 Å². The molecule has 5 rings (SSSR count). The summed E-state index contributed by atoms with van der Waals surface area (Å²) in [5, 5.41) is 0.709. The van der Waals surface area contributed by atoms with Crippen LogP contribution in [-0.4, -0.2) is 24.0 Å². The van der Waals surface area contributed by atoms with E-state index in [2.05, 4.69) is 18.8 Å². The molecular formula is C26H22N2O5S. The van der Waals surface area contributed by atoms with Gasteiger partial charge in [-0.2, -0.15) is 0 Å². The van der Waals surface area contributed by atoms with E-state index in [-0.39, 0.29) is 16.8 Å². The Morgan fingerprint density at radius 1 is 1.12 bits per heavy atom. The molecule has 1 aliphatic rings. The third-order valence-electron chi connectivity index (χ3n) is 6.06. The maximum absolute atomic E-state index is 13.7. The molecule has 34 heavy (non-hydrogen) atoms. The summed E-state index contributed by atoms with van der Waals surface area (Å²) in [6, 6.07) is 14.0. The van der Waals surface area contributed by atoms with Crippen LogP contribution in [0.1, 0.15) is 68.4 Å². The Morgan fingerprint density at radius 3 is 2.50 bits per heavy atom. The zero-order valence-corrected chi connectivity index (χ0v) is 19.9. The van der Waals surface area contributed by atoms with Gasteiger partial charge in [0.1, 0.15) is 10.5 Å². The molecule has 0 aliphatic carbocycles. The number of aryl methyl sites for hydroxylation is 1. The predicted octanol–water partition coefficient (Wildman–Crippen LogP) is 5.22. The molecule has 0 spiro atoms. The monoisotopic (exact) mass is 474 g/mol. The molecule has 0 unspecified atom stereocenters. The number of methoxy groups -OCH3 is 1. The highest BCUT2D eigenvalue weighted by Gasteiger charge is 2.45. The molecule has 0 fully saturated rings. The number of benzene rings is 2. The molecule has 1 amide bonds. The number of fused-ring (bicyclic) bond motifs is 2. The third-order valence-corrected chi connectivity index (χ3v) is 7.20. The van der Waals surface area contributed by atoms with E-state index in [1.807, 2.05) is 24.3 Å². The molecule has 1 aliphatic heterocycles. The van der Waals surface area contributed by atoms with Crippen LogP contribution in [0.2, 0.25) is 0 Å². The van der Waals surface area contributed by atoms with E-state index in [4.69, 9.17) is 9.15 Å². The number of carbonyl (C=O) groups excluding carboxylic acids is 2. The van der Waals surface area contributed by atoms with Crippen molar-refractivity contribution >= 4 is 39.3 Å². The van der Waals surface area contributed by atoms with Gasteiger partial charge in [-0.1, -0.05) is 61.6 Å². The Bertz CT molecular complexity index is 1500. The number of ether oxygens (including phenoxy) is 1. The second-order valence-electron chi connectivity index (χ2n) is 8.47. The van der Waals surface area contributed by atoms with Crippen LogP contribution >= 0.6 is 11.3 Å². The molecule has 2 aromatic carbocycles. The number of anilines is 1. The van der Waals surface area contributed by atoms with E-state index in [0.717, 1.165) is 22.5 Å². The van der Waals surface area contributed by atoms with Crippen LogP contribution in [-0.2, 0) is 4.74 Å². The molecular weight excluding hydrogens is 452 g/mol. The zero-order chi connectivity index (χ0) is 24.1. The van der Waals surface area contributed by atoms with E-state index in [9.17, 15) is 14.4 Å². The van der Waals surface area contributed by atoms with Gasteiger partial charge in [-0.05, 0) is 36.1 Å². The number of thiazole rings is 1. The van der Waals surface area contributed by atoms with Gasteiger partial charge < -0.3 is 9.15 Å². The van der Waals surface area contributed by atoms with Gasteiger partial charge in [-0.3, -0.25) is 14.5 Å². The van der Waals surface area contributed by atoms with Gasteiger partial charge in [-0.15, -0.1) is 0 Å². The van der Waals surface area contributed by atoms with Crippen LogP contribution < -0.4 is 10.3 Å². The highest BCUT2D eigenvalue weighted by molar-refractivity contribution is 7.17. The number of esters is 1. The number of carbonyl (C=O) groups is 2. The summed E-state index contributed by atoms with van der Waals surface area (Å²) >= 11 is 1.06. The minimum atomic E-state index is -0.736. The van der Waals surface area contributed by atoms with Crippen LogP contribution in [0.25, 0.3) is 11.0 Å². The quantitative estimate of drug-likeness (QED) is 0.377. The summed E-state index contributed by atoms with van der Waals surface area (Å²) in [5.41, 5.74) is 2.71. The highest BCUT2D eigenvalue weighted by Crippen LogP contribution is 2.43. The second-order valence-corrected chi connectivity index (χ2v) is 9.45. The predicted molar refractivity (Wildman–Crippen MR) is 130 cm³/mol. The molecule has 0 N–H and O–H groups in total. The smallest absolute Gasteiger partial charge is 0.350 e. The van der Waals surface area contributed by atoms with Gasteiger partial charge in [0.2, 0.25) is 5.76 Å². The fourth-order valence-corrected chi connectivity index (χ4v) is 5.27. The average molecular weight is 475 g/mol. The topological polar surface area (TPSA) is 89.7 Å². The summed E-state index contributed by atoms with van der Waals surface area (Å²) in [7, 11) is 1.30. The fraction of sp³-hybridized carbons (Fsp3) is 0.231. The number of hydrogen-bond acceptors (Lipinski definition) is 7. The number of amides is 1. The Balaban J connectivity index is 1.75. The maximum atomic E-state index is 13.7. The van der Waals surface area contributed by atoms with Crippen molar-refractivity contribution in [1.82, 2.24) is 4.98 Å². The van der Waals surface area contributed by atoms with Crippen molar-refractivity contribution in [2.24, 2.45) is 0 Å². The van der Waals surface area contributed by atoms with E-state index in [1.54, 1.807) is 31.2 Å². The minimum absolute atomic E-state index is 0.00546. The summed E-state index contributed by atoms with van der Waals surface area (Å²) in [6.45, 7) is 5.89. The van der Waals surface area contributed by atoms with Crippen LogP contribution in [0.3, 0.4) is 0 Å². The summed E-state index contributed by atoms with van der Waals surface area (Å²) < 4.78 is 10.8. The lowest BCUT2D eigenvalue weighted by Crippen LogP contribution is -2.29. The maximum Gasteiger partial charge on any atom is 0.350 e. The van der Waals surface area contributed by atoms with Crippen LogP contribution in [0, 0.1) is 6.92 Å². The lowest BCUT2D eigenvalue weighted by Gasteiger charge is -2.23. The van der Waals surface area contributed by atoms with Crippen LogP contribution in [0.15, 0.2) is 57.7 Å². The molecule has 0 radical (unpaired) electrons. The van der Waals surface area contributed by atoms with E-state index >= 15 is 0 Å². The van der Waals surface area contributed by atoms with Crippen molar-refractivity contribution in [3.63, 3.8) is 0 Å². The van der Waals surface area contributed by atoms with Crippen molar-refractivity contribution in [2.75, 3.05) is 12.0 Å². The first-order valence-corrected chi connectivity index (χ1v) is 11.7. The normalized spacial score (nSPS) is 15.3. The van der Waals surface area contributed by atoms with Crippen LogP contribution in [0.4, 0.5) is 5.13 Å². The first-order valence-electron chi connectivity index (χ1n) is 10.9. The van der Waals surface area contributed by atoms with Gasteiger partial charge >= 0.3 is 5.97 Å². The number of aromatic nitrogens is 1. The Kier molecular flexibility index (Phi) is 5.32. The van der Waals surface area contributed by atoms with Crippen molar-refractivity contribution < 1.29 is 18.7 Å².